The third kappa shape index (κ3) is 3.96. The minimum atomic E-state index is -3.01. The van der Waals surface area contributed by atoms with Crippen LogP contribution in [0.5, 0.6) is 5.88 Å². The molecule has 150 valence electrons. The lowest BCUT2D eigenvalue weighted by Crippen LogP contribution is -2.43. The Balaban J connectivity index is 1.61. The first kappa shape index (κ1) is 19.4. The van der Waals surface area contributed by atoms with Crippen molar-refractivity contribution in [1.29, 1.82) is 0 Å². The Labute approximate surface area is 170 Å². The molecule has 0 N–H and O–H groups in total. The van der Waals surface area contributed by atoms with Crippen molar-refractivity contribution in [3.8, 4) is 17.0 Å². The molecule has 1 saturated heterocycles. The number of benzene rings is 2. The smallest absolute Gasteiger partial charge is 0.253 e. The summed E-state index contributed by atoms with van der Waals surface area (Å²) in [5, 5.41) is 1.99. The van der Waals surface area contributed by atoms with Crippen molar-refractivity contribution in [2.75, 3.05) is 31.7 Å². The van der Waals surface area contributed by atoms with Crippen LogP contribution in [0, 0.1) is 6.92 Å². The molecule has 1 aliphatic rings. The van der Waals surface area contributed by atoms with Gasteiger partial charge >= 0.3 is 0 Å². The van der Waals surface area contributed by atoms with E-state index in [0.29, 0.717) is 11.4 Å². The minimum absolute atomic E-state index is 0.0327. The molecule has 0 unspecified atom stereocenters. The molecule has 29 heavy (non-hydrogen) atoms. The van der Waals surface area contributed by atoms with Crippen molar-refractivity contribution >= 4 is 26.5 Å². The highest BCUT2D eigenvalue weighted by Gasteiger charge is 2.25. The van der Waals surface area contributed by atoms with Gasteiger partial charge in [0.2, 0.25) is 5.88 Å². The number of rotatable bonds is 3. The summed E-state index contributed by atoms with van der Waals surface area (Å²) in [5.74, 6) is 0.525. The summed E-state index contributed by atoms with van der Waals surface area (Å²) in [5.41, 5.74) is 3.72. The van der Waals surface area contributed by atoms with Gasteiger partial charge < -0.3 is 9.64 Å². The Bertz CT molecular complexity index is 1190. The molecular weight excluding hydrogens is 388 g/mol. The van der Waals surface area contributed by atoms with E-state index < -0.39 is 9.84 Å². The third-order valence-electron chi connectivity index (χ3n) is 5.32. The number of fused-ring (bicyclic) bond motifs is 1. The van der Waals surface area contributed by atoms with Crippen LogP contribution in [0.4, 0.5) is 0 Å². The maximum atomic E-state index is 12.8. The third-order valence-corrected chi connectivity index (χ3v) is 6.93. The molecule has 1 amide bonds. The van der Waals surface area contributed by atoms with Crippen molar-refractivity contribution in [3.05, 3.63) is 59.8 Å². The number of amides is 1. The predicted molar refractivity (Wildman–Crippen MR) is 113 cm³/mol. The van der Waals surface area contributed by atoms with Crippen molar-refractivity contribution in [3.63, 3.8) is 0 Å². The number of nitrogens with zero attached hydrogens (tertiary/aromatic N) is 2. The lowest BCUT2D eigenvalue weighted by Gasteiger charge is -2.26. The second-order valence-electron chi connectivity index (χ2n) is 7.26. The van der Waals surface area contributed by atoms with E-state index in [2.05, 4.69) is 11.1 Å². The van der Waals surface area contributed by atoms with Crippen molar-refractivity contribution in [2.24, 2.45) is 0 Å². The molecule has 0 saturated carbocycles. The molecule has 0 atom stereocenters. The van der Waals surface area contributed by atoms with Crippen LogP contribution in [0.3, 0.4) is 0 Å². The average Bonchev–Trinajstić information content (AvgIpc) is 2.72. The van der Waals surface area contributed by atoms with E-state index in [-0.39, 0.29) is 30.5 Å². The van der Waals surface area contributed by atoms with Crippen LogP contribution in [-0.4, -0.2) is 55.9 Å². The van der Waals surface area contributed by atoms with E-state index in [9.17, 15) is 13.2 Å². The Morgan fingerprint density at radius 3 is 2.41 bits per heavy atom. The highest BCUT2D eigenvalue weighted by atomic mass is 32.2. The quantitative estimate of drug-likeness (QED) is 0.663. The zero-order chi connectivity index (χ0) is 20.6. The zero-order valence-electron chi connectivity index (χ0n) is 16.4. The molecular formula is C22H22N2O4S. The molecule has 0 spiro atoms. The summed E-state index contributed by atoms with van der Waals surface area (Å²) in [6.45, 7) is 2.52. The van der Waals surface area contributed by atoms with Crippen molar-refractivity contribution in [1.82, 2.24) is 9.88 Å². The largest absolute Gasteiger partial charge is 0.481 e. The molecule has 0 bridgehead atoms. The van der Waals surface area contributed by atoms with Crippen molar-refractivity contribution < 1.29 is 17.9 Å². The highest BCUT2D eigenvalue weighted by Crippen LogP contribution is 2.29. The number of aromatic nitrogens is 1. The van der Waals surface area contributed by atoms with Crippen molar-refractivity contribution in [2.45, 2.75) is 6.92 Å². The second-order valence-corrected chi connectivity index (χ2v) is 9.57. The summed E-state index contributed by atoms with van der Waals surface area (Å²) in [6.07, 6.45) is 1.80. The van der Waals surface area contributed by atoms with Crippen LogP contribution < -0.4 is 4.74 Å². The number of pyridine rings is 1. The summed E-state index contributed by atoms with van der Waals surface area (Å²) >= 11 is 0. The first-order valence-electron chi connectivity index (χ1n) is 9.41. The van der Waals surface area contributed by atoms with Crippen LogP contribution >= 0.6 is 0 Å². The van der Waals surface area contributed by atoms with Gasteiger partial charge in [0.25, 0.3) is 5.91 Å². The average molecular weight is 410 g/mol. The van der Waals surface area contributed by atoms with Crippen LogP contribution in [0.25, 0.3) is 21.9 Å². The van der Waals surface area contributed by atoms with Gasteiger partial charge in [0.1, 0.15) is 0 Å². The predicted octanol–water partition coefficient (Wildman–Crippen LogP) is 3.09. The Morgan fingerprint density at radius 2 is 1.72 bits per heavy atom. The van der Waals surface area contributed by atoms with Crippen LogP contribution in [0.1, 0.15) is 15.9 Å². The molecule has 2 aromatic carbocycles. The second kappa shape index (κ2) is 7.48. The van der Waals surface area contributed by atoms with Gasteiger partial charge in [-0.2, -0.15) is 0 Å². The number of hydrogen-bond acceptors (Lipinski definition) is 5. The maximum Gasteiger partial charge on any atom is 0.253 e. The number of sulfone groups is 1. The number of aryl methyl sites for hydroxylation is 1. The fourth-order valence-electron chi connectivity index (χ4n) is 3.59. The lowest BCUT2D eigenvalue weighted by molar-refractivity contribution is 0.0770. The number of carbonyl (C=O) groups excluding carboxylic acids is 1. The molecule has 1 aliphatic heterocycles. The maximum absolute atomic E-state index is 12.8. The zero-order valence-corrected chi connectivity index (χ0v) is 17.2. The SMILES string of the molecule is COc1cc(C)c(-c2ccc3cc(C(=O)N4CCS(=O)(=O)CC4)ccc3c2)cn1. The number of ether oxygens (including phenoxy) is 1. The van der Waals surface area contributed by atoms with E-state index in [1.165, 1.54) is 0 Å². The molecule has 2 heterocycles. The first-order valence-corrected chi connectivity index (χ1v) is 11.2. The number of carbonyl (C=O) groups is 1. The summed E-state index contributed by atoms with van der Waals surface area (Å²) in [6, 6.07) is 13.6. The fourth-order valence-corrected chi connectivity index (χ4v) is 4.79. The summed E-state index contributed by atoms with van der Waals surface area (Å²) in [7, 11) is -1.42. The monoisotopic (exact) mass is 410 g/mol. The topological polar surface area (TPSA) is 76.6 Å². The molecule has 3 aromatic rings. The van der Waals surface area contributed by atoms with E-state index in [1.807, 2.05) is 37.3 Å². The van der Waals surface area contributed by atoms with Gasteiger partial charge in [-0.1, -0.05) is 18.2 Å². The highest BCUT2D eigenvalue weighted by molar-refractivity contribution is 7.91. The molecule has 4 rings (SSSR count). The Hall–Kier alpha value is -2.93. The lowest BCUT2D eigenvalue weighted by atomic mass is 9.98. The minimum Gasteiger partial charge on any atom is -0.481 e. The van der Waals surface area contributed by atoms with E-state index in [1.54, 1.807) is 24.3 Å². The standard InChI is InChI=1S/C22H22N2O4S/c1-15-11-21(28-2)23-14-20(15)18-5-3-17-13-19(6-4-16(17)12-18)22(25)24-7-9-29(26,27)10-8-24/h3-6,11-14H,7-10H2,1-2H3. The first-order chi connectivity index (χ1) is 13.9. The van der Waals surface area contributed by atoms with Gasteiger partial charge in [-0.05, 0) is 47.0 Å². The Kier molecular flexibility index (Phi) is 5.00. The summed E-state index contributed by atoms with van der Waals surface area (Å²) in [4.78, 5) is 18.7. The van der Waals surface area contributed by atoms with Gasteiger partial charge in [-0.15, -0.1) is 0 Å². The van der Waals surface area contributed by atoms with Crippen LogP contribution in [0.2, 0.25) is 0 Å². The number of methoxy groups -OCH3 is 1. The molecule has 1 fully saturated rings. The van der Waals surface area contributed by atoms with Gasteiger partial charge in [-0.3, -0.25) is 4.79 Å². The molecule has 0 radical (unpaired) electrons. The Morgan fingerprint density at radius 1 is 1.03 bits per heavy atom. The van der Waals surface area contributed by atoms with Crippen LogP contribution in [-0.2, 0) is 9.84 Å². The van der Waals surface area contributed by atoms with Crippen LogP contribution in [0.15, 0.2) is 48.7 Å². The molecule has 6 nitrogen and oxygen atoms in total. The molecule has 0 aliphatic carbocycles. The van der Waals surface area contributed by atoms with E-state index >= 15 is 0 Å². The van der Waals surface area contributed by atoms with Gasteiger partial charge in [0, 0.05) is 36.5 Å². The van der Waals surface area contributed by atoms with Gasteiger partial charge in [-0.25, -0.2) is 13.4 Å². The summed E-state index contributed by atoms with van der Waals surface area (Å²) < 4.78 is 28.4. The normalized spacial score (nSPS) is 16.0. The fraction of sp³-hybridized carbons (Fsp3) is 0.273. The molecule has 7 heteroatoms. The van der Waals surface area contributed by atoms with E-state index in [0.717, 1.165) is 27.5 Å². The molecule has 1 aromatic heterocycles. The van der Waals surface area contributed by atoms with Gasteiger partial charge in [0.15, 0.2) is 9.84 Å². The number of hydrogen-bond donors (Lipinski definition) is 0. The van der Waals surface area contributed by atoms with Gasteiger partial charge in [0.05, 0.1) is 18.6 Å². The van der Waals surface area contributed by atoms with E-state index in [4.69, 9.17) is 4.74 Å².